The Labute approximate surface area is 235 Å². The average Bonchev–Trinajstić information content (AvgIpc) is 3.75. The van der Waals surface area contributed by atoms with Crippen molar-refractivity contribution < 1.29 is 14.3 Å². The molecule has 0 radical (unpaired) electrons. The Hall–Kier alpha value is -3.22. The molecule has 206 valence electrons. The van der Waals surface area contributed by atoms with Gasteiger partial charge in [0.15, 0.2) is 0 Å². The average molecular weight is 549 g/mol. The molecule has 3 N–H and O–H groups in total. The Bertz CT molecular complexity index is 1280. The third kappa shape index (κ3) is 6.51. The molecular weight excluding hydrogens is 512 g/mol. The van der Waals surface area contributed by atoms with E-state index in [2.05, 4.69) is 33.6 Å². The first-order chi connectivity index (χ1) is 18.8. The van der Waals surface area contributed by atoms with Crippen LogP contribution in [0.25, 0.3) is 0 Å². The maximum absolute atomic E-state index is 11.7. The Kier molecular flexibility index (Phi) is 8.34. The molecule has 7 nitrogen and oxygen atoms in total. The van der Waals surface area contributed by atoms with E-state index >= 15 is 0 Å². The largest absolute Gasteiger partial charge is 0.490 e. The lowest BCUT2D eigenvalue weighted by atomic mass is 9.92. The lowest BCUT2D eigenvalue weighted by Gasteiger charge is -2.37. The van der Waals surface area contributed by atoms with E-state index in [-0.39, 0.29) is 18.1 Å². The number of benzene rings is 1. The Morgan fingerprint density at radius 3 is 2.72 bits per heavy atom. The SMILES string of the molecule is C=C1C=C(C2=CN(C3CCN(CC(=O)NC)CC3)C=C=C2)C=C(OC(C)c2c(Cl)cccc2OC2CC2)C1N. The fourth-order valence-corrected chi connectivity index (χ4v) is 5.47. The van der Waals surface area contributed by atoms with Crippen LogP contribution in [-0.2, 0) is 9.53 Å². The minimum atomic E-state index is -0.448. The minimum Gasteiger partial charge on any atom is -0.490 e. The maximum atomic E-state index is 11.7. The molecule has 1 amide bonds. The zero-order valence-electron chi connectivity index (χ0n) is 22.7. The van der Waals surface area contributed by atoms with Crippen molar-refractivity contribution in [3.05, 3.63) is 94.2 Å². The van der Waals surface area contributed by atoms with Crippen LogP contribution < -0.4 is 15.8 Å². The summed E-state index contributed by atoms with van der Waals surface area (Å²) >= 11 is 6.60. The van der Waals surface area contributed by atoms with Crippen LogP contribution in [0.5, 0.6) is 5.75 Å². The van der Waals surface area contributed by atoms with Gasteiger partial charge in [0, 0.05) is 44.2 Å². The normalized spacial score (nSPS) is 22.7. The summed E-state index contributed by atoms with van der Waals surface area (Å²) in [5.41, 5.74) is 13.4. The number of ether oxygens (including phenoxy) is 2. The lowest BCUT2D eigenvalue weighted by molar-refractivity contribution is -0.122. The number of carbonyl (C=O) groups excluding carboxylic acids is 1. The van der Waals surface area contributed by atoms with Gasteiger partial charge >= 0.3 is 0 Å². The number of allylic oxidation sites excluding steroid dienone is 4. The number of nitrogens with two attached hydrogens (primary N) is 1. The Morgan fingerprint density at radius 2 is 2.00 bits per heavy atom. The maximum Gasteiger partial charge on any atom is 0.233 e. The Morgan fingerprint density at radius 1 is 1.23 bits per heavy atom. The third-order valence-corrected chi connectivity index (χ3v) is 7.93. The van der Waals surface area contributed by atoms with Crippen LogP contribution in [-0.4, -0.2) is 60.6 Å². The molecule has 39 heavy (non-hydrogen) atoms. The summed E-state index contributed by atoms with van der Waals surface area (Å²) in [6.45, 7) is 8.39. The number of amides is 1. The first-order valence-electron chi connectivity index (χ1n) is 13.7. The van der Waals surface area contributed by atoms with E-state index in [1.54, 1.807) is 7.05 Å². The van der Waals surface area contributed by atoms with E-state index in [1.807, 2.05) is 49.6 Å². The second-order valence-electron chi connectivity index (χ2n) is 10.6. The molecule has 2 heterocycles. The van der Waals surface area contributed by atoms with E-state index in [0.717, 1.165) is 66.8 Å². The first-order valence-corrected chi connectivity index (χ1v) is 14.0. The minimum absolute atomic E-state index is 0.0550. The third-order valence-electron chi connectivity index (χ3n) is 7.60. The van der Waals surface area contributed by atoms with Crippen LogP contribution in [0.4, 0.5) is 0 Å². The smallest absolute Gasteiger partial charge is 0.233 e. The van der Waals surface area contributed by atoms with Crippen molar-refractivity contribution in [3.63, 3.8) is 0 Å². The molecule has 2 aliphatic heterocycles. The number of carbonyl (C=O) groups is 1. The molecule has 1 saturated heterocycles. The summed E-state index contributed by atoms with van der Waals surface area (Å²) in [6, 6.07) is 5.60. The molecule has 1 aromatic carbocycles. The standard InChI is InChI=1S/C31H37ClN4O3/c1-20-16-23(22-6-5-13-36(18-22)24-11-14-35(15-12-24)19-29(37)34-3)17-28(31(20)33)38-21(2)30-26(32)7-4-8-27(30)39-25-9-10-25/h4,6-8,13,16-18,21,24-25,31H,1,9-12,14-15,19,33H2,2-3H3,(H,34,37). The van der Waals surface area contributed by atoms with E-state index in [4.69, 9.17) is 26.8 Å². The monoisotopic (exact) mass is 548 g/mol. The number of hydrogen-bond donors (Lipinski definition) is 2. The topological polar surface area (TPSA) is 80.1 Å². The summed E-state index contributed by atoms with van der Waals surface area (Å²) in [5, 5.41) is 3.32. The number of halogens is 1. The van der Waals surface area contributed by atoms with Crippen LogP contribution in [0, 0.1) is 0 Å². The van der Waals surface area contributed by atoms with Crippen molar-refractivity contribution in [2.24, 2.45) is 5.73 Å². The predicted molar refractivity (Wildman–Crippen MR) is 154 cm³/mol. The molecule has 5 rings (SSSR count). The van der Waals surface area contributed by atoms with Crippen LogP contribution >= 0.6 is 11.6 Å². The van der Waals surface area contributed by atoms with Gasteiger partial charge < -0.3 is 25.4 Å². The highest BCUT2D eigenvalue weighted by molar-refractivity contribution is 6.31. The molecule has 2 fully saturated rings. The summed E-state index contributed by atoms with van der Waals surface area (Å²) in [7, 11) is 1.68. The number of rotatable bonds is 9. The van der Waals surface area contributed by atoms with Crippen molar-refractivity contribution in [1.82, 2.24) is 15.1 Å². The highest BCUT2D eigenvalue weighted by atomic mass is 35.5. The molecule has 8 heteroatoms. The van der Waals surface area contributed by atoms with Gasteiger partial charge in [0.1, 0.15) is 17.6 Å². The molecule has 2 atom stereocenters. The van der Waals surface area contributed by atoms with Gasteiger partial charge in [-0.2, -0.15) is 0 Å². The molecule has 2 unspecified atom stereocenters. The van der Waals surface area contributed by atoms with Crippen LogP contribution in [0.3, 0.4) is 0 Å². The molecule has 4 aliphatic rings. The van der Waals surface area contributed by atoms with Crippen LogP contribution in [0.15, 0.2) is 83.6 Å². The second kappa shape index (κ2) is 11.9. The van der Waals surface area contributed by atoms with Gasteiger partial charge in [-0.1, -0.05) is 24.2 Å². The van der Waals surface area contributed by atoms with E-state index < -0.39 is 6.04 Å². The van der Waals surface area contributed by atoms with E-state index in [1.165, 1.54) is 0 Å². The van der Waals surface area contributed by atoms with Crippen molar-refractivity contribution in [2.75, 3.05) is 26.7 Å². The molecule has 2 aliphatic carbocycles. The van der Waals surface area contributed by atoms with Crippen molar-refractivity contribution in [1.29, 1.82) is 0 Å². The number of hydrogen-bond acceptors (Lipinski definition) is 6. The predicted octanol–water partition coefficient (Wildman–Crippen LogP) is 4.74. The highest BCUT2D eigenvalue weighted by Gasteiger charge is 2.29. The lowest BCUT2D eigenvalue weighted by Crippen LogP contribution is -2.45. The first kappa shape index (κ1) is 27.4. The molecule has 0 aromatic heterocycles. The highest BCUT2D eigenvalue weighted by Crippen LogP contribution is 2.39. The van der Waals surface area contributed by atoms with Gasteiger partial charge in [0.25, 0.3) is 0 Å². The number of piperidine rings is 1. The number of nitrogens with one attached hydrogen (secondary N) is 1. The van der Waals surface area contributed by atoms with E-state index in [9.17, 15) is 4.79 Å². The van der Waals surface area contributed by atoms with Crippen molar-refractivity contribution in [3.8, 4) is 5.75 Å². The fraction of sp³-hybridized carbons (Fsp3) is 0.419. The van der Waals surface area contributed by atoms with Gasteiger partial charge in [-0.05, 0) is 74.1 Å². The molecule has 0 spiro atoms. The van der Waals surface area contributed by atoms with Gasteiger partial charge in [0.2, 0.25) is 5.91 Å². The fourth-order valence-electron chi connectivity index (χ4n) is 5.15. The molecular formula is C31H37ClN4O3. The van der Waals surface area contributed by atoms with Crippen LogP contribution in [0.2, 0.25) is 5.02 Å². The van der Waals surface area contributed by atoms with Gasteiger partial charge in [-0.25, -0.2) is 0 Å². The number of likely N-dealkylation sites (N-methyl/N-ethyl adjacent to an activating group) is 1. The molecule has 1 aromatic rings. The number of nitrogens with zero attached hydrogens (tertiary/aromatic N) is 2. The van der Waals surface area contributed by atoms with Crippen molar-refractivity contribution >= 4 is 17.5 Å². The quantitative estimate of drug-likeness (QED) is 0.434. The summed E-state index contributed by atoms with van der Waals surface area (Å²) in [4.78, 5) is 16.2. The summed E-state index contributed by atoms with van der Waals surface area (Å²) in [6.07, 6.45) is 14.1. The zero-order chi connectivity index (χ0) is 27.5. The van der Waals surface area contributed by atoms with Gasteiger partial charge in [0.05, 0.1) is 29.3 Å². The van der Waals surface area contributed by atoms with Crippen LogP contribution in [0.1, 0.15) is 44.3 Å². The Balaban J connectivity index is 1.30. The molecule has 1 saturated carbocycles. The summed E-state index contributed by atoms with van der Waals surface area (Å²) < 4.78 is 12.6. The summed E-state index contributed by atoms with van der Waals surface area (Å²) in [5.74, 6) is 1.46. The second-order valence-corrected chi connectivity index (χ2v) is 11.0. The van der Waals surface area contributed by atoms with E-state index in [0.29, 0.717) is 23.4 Å². The van der Waals surface area contributed by atoms with Crippen molar-refractivity contribution in [2.45, 2.75) is 56.9 Å². The zero-order valence-corrected chi connectivity index (χ0v) is 23.4. The van der Waals surface area contributed by atoms with Gasteiger partial charge in [-0.3, -0.25) is 9.69 Å². The number of likely N-dealkylation sites (tertiary alicyclic amines) is 1. The molecule has 0 bridgehead atoms. The van der Waals surface area contributed by atoms with Gasteiger partial charge in [-0.15, -0.1) is 5.73 Å².